The van der Waals surface area contributed by atoms with Crippen LogP contribution in [0.4, 0.5) is 4.79 Å². The first kappa shape index (κ1) is 21.9. The molecule has 0 bridgehead atoms. The van der Waals surface area contributed by atoms with Crippen LogP contribution < -0.4 is 10.6 Å². The van der Waals surface area contributed by atoms with Gasteiger partial charge in [-0.15, -0.1) is 0 Å². The SMILES string of the molecule is CC(C)(C)OC(=O)NCC1CC2(C1)CN(CC=O)C2.CNC(C)(C)C. The summed E-state index contributed by atoms with van der Waals surface area (Å²) < 4.78 is 5.20. The van der Waals surface area contributed by atoms with Crippen molar-refractivity contribution in [1.82, 2.24) is 15.5 Å². The molecule has 0 aromatic carbocycles. The van der Waals surface area contributed by atoms with E-state index in [0.29, 0.717) is 30.0 Å². The van der Waals surface area contributed by atoms with Crippen LogP contribution in [0.2, 0.25) is 0 Å². The molecular formula is C19H37N3O3. The van der Waals surface area contributed by atoms with E-state index in [1.54, 1.807) is 0 Å². The Morgan fingerprint density at radius 3 is 2.12 bits per heavy atom. The summed E-state index contributed by atoms with van der Waals surface area (Å²) in [7, 11) is 1.96. The van der Waals surface area contributed by atoms with Crippen LogP contribution in [0.1, 0.15) is 54.4 Å². The van der Waals surface area contributed by atoms with Gasteiger partial charge in [-0.3, -0.25) is 4.90 Å². The monoisotopic (exact) mass is 355 g/mol. The van der Waals surface area contributed by atoms with Crippen molar-refractivity contribution in [2.45, 2.75) is 65.5 Å². The summed E-state index contributed by atoms with van der Waals surface area (Å²) >= 11 is 0. The molecule has 0 radical (unpaired) electrons. The molecule has 2 aliphatic rings. The van der Waals surface area contributed by atoms with Crippen LogP contribution >= 0.6 is 0 Å². The standard InChI is InChI=1S/C14H24N2O3.C5H13N/c1-13(2,3)19-12(18)15-8-11-6-14(7-11)9-16(10-14)4-5-17;1-5(2,3)6-4/h5,11H,4,6-10H2,1-3H3,(H,15,18);6H,1-4H3. The molecule has 1 amide bonds. The number of nitrogens with one attached hydrogen (secondary N) is 2. The molecule has 2 rings (SSSR count). The van der Waals surface area contributed by atoms with Gasteiger partial charge in [0.25, 0.3) is 0 Å². The Balaban J connectivity index is 0.000000450. The molecule has 0 aromatic heterocycles. The minimum absolute atomic E-state index is 0.292. The number of nitrogens with zero attached hydrogens (tertiary/aromatic N) is 1. The topological polar surface area (TPSA) is 70.7 Å². The highest BCUT2D eigenvalue weighted by Gasteiger charge is 2.51. The van der Waals surface area contributed by atoms with Gasteiger partial charge in [-0.2, -0.15) is 0 Å². The summed E-state index contributed by atoms with van der Waals surface area (Å²) in [4.78, 5) is 24.1. The van der Waals surface area contributed by atoms with Crippen LogP contribution in [0.15, 0.2) is 0 Å². The Hall–Kier alpha value is -1.14. The maximum atomic E-state index is 11.5. The van der Waals surface area contributed by atoms with Gasteiger partial charge < -0.3 is 20.2 Å². The van der Waals surface area contributed by atoms with Gasteiger partial charge in [-0.1, -0.05) is 0 Å². The molecule has 1 saturated carbocycles. The summed E-state index contributed by atoms with van der Waals surface area (Å²) in [6.07, 6.45) is 2.94. The third-order valence-electron chi connectivity index (χ3n) is 4.58. The molecule has 6 heteroatoms. The number of alkyl carbamates (subject to hydrolysis) is 1. The highest BCUT2D eigenvalue weighted by atomic mass is 16.6. The van der Waals surface area contributed by atoms with Crippen LogP contribution in [-0.2, 0) is 9.53 Å². The van der Waals surface area contributed by atoms with Gasteiger partial charge in [-0.25, -0.2) is 4.79 Å². The molecule has 1 saturated heterocycles. The van der Waals surface area contributed by atoms with Crippen LogP contribution in [0.3, 0.4) is 0 Å². The van der Waals surface area contributed by atoms with Crippen molar-refractivity contribution in [1.29, 1.82) is 0 Å². The highest BCUT2D eigenvalue weighted by molar-refractivity contribution is 5.67. The third kappa shape index (κ3) is 8.19. The van der Waals surface area contributed by atoms with E-state index in [2.05, 4.69) is 36.3 Å². The van der Waals surface area contributed by atoms with Crippen molar-refractivity contribution >= 4 is 12.4 Å². The summed E-state index contributed by atoms with van der Waals surface area (Å²) in [5, 5.41) is 5.94. The number of rotatable bonds is 4. The first-order valence-electron chi connectivity index (χ1n) is 9.20. The molecule has 2 fully saturated rings. The first-order valence-corrected chi connectivity index (χ1v) is 9.20. The predicted octanol–water partition coefficient (Wildman–Crippen LogP) is 2.43. The normalized spacial score (nSPS) is 20.0. The Kier molecular flexibility index (Phi) is 7.44. The highest BCUT2D eigenvalue weighted by Crippen LogP contribution is 2.51. The van der Waals surface area contributed by atoms with Crippen molar-refractivity contribution in [3.05, 3.63) is 0 Å². The van der Waals surface area contributed by atoms with Gasteiger partial charge in [0.1, 0.15) is 11.9 Å². The number of amides is 1. The fraction of sp³-hybridized carbons (Fsp3) is 0.895. The molecule has 25 heavy (non-hydrogen) atoms. The number of likely N-dealkylation sites (tertiary alicyclic amines) is 1. The zero-order valence-corrected chi connectivity index (χ0v) is 17.1. The number of hydrogen-bond acceptors (Lipinski definition) is 5. The maximum Gasteiger partial charge on any atom is 0.407 e. The van der Waals surface area contributed by atoms with Crippen molar-refractivity contribution in [2.75, 3.05) is 33.2 Å². The smallest absolute Gasteiger partial charge is 0.407 e. The van der Waals surface area contributed by atoms with E-state index >= 15 is 0 Å². The van der Waals surface area contributed by atoms with Gasteiger partial charge in [0.2, 0.25) is 0 Å². The second-order valence-corrected chi connectivity index (χ2v) is 9.49. The zero-order valence-electron chi connectivity index (χ0n) is 17.1. The molecule has 0 atom stereocenters. The quantitative estimate of drug-likeness (QED) is 0.758. The van der Waals surface area contributed by atoms with Crippen molar-refractivity contribution in [3.8, 4) is 0 Å². The van der Waals surface area contributed by atoms with Gasteiger partial charge >= 0.3 is 6.09 Å². The lowest BCUT2D eigenvalue weighted by molar-refractivity contribution is -0.120. The van der Waals surface area contributed by atoms with Crippen LogP contribution in [-0.4, -0.2) is 61.6 Å². The molecule has 1 heterocycles. The predicted molar refractivity (Wildman–Crippen MR) is 101 cm³/mol. The minimum atomic E-state index is -0.436. The molecule has 0 unspecified atom stereocenters. The van der Waals surface area contributed by atoms with Crippen molar-refractivity contribution in [2.24, 2.45) is 11.3 Å². The molecule has 1 aliphatic carbocycles. The molecular weight excluding hydrogens is 318 g/mol. The Labute approximate surface area is 153 Å². The molecule has 0 aromatic rings. The van der Waals surface area contributed by atoms with E-state index < -0.39 is 5.60 Å². The summed E-state index contributed by atoms with van der Waals surface area (Å²) in [6, 6.07) is 0. The molecule has 1 spiro atoms. The Bertz CT molecular complexity index is 438. The Morgan fingerprint density at radius 1 is 1.20 bits per heavy atom. The number of carbonyl (C=O) groups excluding carboxylic acids is 2. The van der Waals surface area contributed by atoms with Gasteiger partial charge in [-0.05, 0) is 72.8 Å². The molecule has 2 N–H and O–H groups in total. The fourth-order valence-electron chi connectivity index (χ4n) is 3.25. The summed E-state index contributed by atoms with van der Waals surface area (Å²) in [5.74, 6) is 0.561. The molecule has 6 nitrogen and oxygen atoms in total. The lowest BCUT2D eigenvalue weighted by Gasteiger charge is -2.59. The van der Waals surface area contributed by atoms with Crippen LogP contribution in [0.5, 0.6) is 0 Å². The minimum Gasteiger partial charge on any atom is -0.444 e. The fourth-order valence-corrected chi connectivity index (χ4v) is 3.25. The second-order valence-electron chi connectivity index (χ2n) is 9.49. The lowest BCUT2D eigenvalue weighted by Crippen LogP contribution is -2.63. The van der Waals surface area contributed by atoms with Crippen LogP contribution in [0, 0.1) is 11.3 Å². The van der Waals surface area contributed by atoms with Gasteiger partial charge in [0.15, 0.2) is 0 Å². The molecule has 146 valence electrons. The zero-order chi connectivity index (χ0) is 19.3. The summed E-state index contributed by atoms with van der Waals surface area (Å²) in [6.45, 7) is 15.3. The van der Waals surface area contributed by atoms with E-state index in [1.165, 1.54) is 0 Å². The van der Waals surface area contributed by atoms with Crippen molar-refractivity contribution < 1.29 is 14.3 Å². The maximum absolute atomic E-state index is 11.5. The average Bonchev–Trinajstić information content (AvgIpc) is 2.36. The van der Waals surface area contributed by atoms with E-state index in [0.717, 1.165) is 32.2 Å². The van der Waals surface area contributed by atoms with Crippen LogP contribution in [0.25, 0.3) is 0 Å². The average molecular weight is 356 g/mol. The van der Waals surface area contributed by atoms with E-state index in [-0.39, 0.29) is 6.09 Å². The van der Waals surface area contributed by atoms with E-state index in [4.69, 9.17) is 4.74 Å². The number of hydrogen-bond donors (Lipinski definition) is 2. The third-order valence-corrected chi connectivity index (χ3v) is 4.58. The Morgan fingerprint density at radius 2 is 1.72 bits per heavy atom. The lowest BCUT2D eigenvalue weighted by atomic mass is 9.58. The van der Waals surface area contributed by atoms with E-state index in [1.807, 2.05) is 27.8 Å². The first-order chi connectivity index (χ1) is 11.4. The largest absolute Gasteiger partial charge is 0.444 e. The number of carbonyl (C=O) groups is 2. The number of aldehydes is 1. The second kappa shape index (κ2) is 8.49. The van der Waals surface area contributed by atoms with Crippen molar-refractivity contribution in [3.63, 3.8) is 0 Å². The van der Waals surface area contributed by atoms with E-state index in [9.17, 15) is 9.59 Å². The number of ether oxygens (including phenoxy) is 1. The van der Waals surface area contributed by atoms with Gasteiger partial charge in [0.05, 0.1) is 6.54 Å². The van der Waals surface area contributed by atoms with Gasteiger partial charge in [0, 0.05) is 25.2 Å². The molecule has 1 aliphatic heterocycles. The summed E-state index contributed by atoms with van der Waals surface area (Å²) in [5.41, 5.74) is 0.289.